The quantitative estimate of drug-likeness (QED) is 0.0359. The average molecular weight is 629 g/mol. The Morgan fingerprint density at radius 3 is 1.95 bits per heavy atom. The lowest BCUT2D eigenvalue weighted by atomic mass is 10.1. The van der Waals surface area contributed by atoms with Crippen LogP contribution >= 0.6 is 0 Å². The highest BCUT2D eigenvalue weighted by Crippen LogP contribution is 2.02. The molecule has 0 aromatic carbocycles. The van der Waals surface area contributed by atoms with Gasteiger partial charge in [0.1, 0.15) is 24.7 Å². The summed E-state index contributed by atoms with van der Waals surface area (Å²) in [6.45, 7) is -0.0422. The summed E-state index contributed by atoms with van der Waals surface area (Å²) in [5, 5.41) is 27.8. The molecule has 0 aliphatic carbocycles. The monoisotopic (exact) mass is 628 g/mol. The van der Waals surface area contributed by atoms with Gasteiger partial charge in [0.05, 0.1) is 32.1 Å². The fraction of sp³-hybridized carbons (Fsp3) is 0.727. The number of nitrogens with one attached hydrogen (secondary N) is 4. The summed E-state index contributed by atoms with van der Waals surface area (Å²) in [4.78, 5) is 69.4. The van der Waals surface area contributed by atoms with Crippen LogP contribution in [0.2, 0.25) is 0 Å². The Bertz CT molecular complexity index is 1010. The fourth-order valence-corrected chi connectivity index (χ4v) is 3.72. The van der Waals surface area contributed by atoms with Gasteiger partial charge in [-0.05, 0) is 25.7 Å². The molecule has 0 heterocycles. The Kier molecular flexibility index (Phi) is 19.6. The van der Waals surface area contributed by atoms with E-state index in [4.69, 9.17) is 25.5 Å². The summed E-state index contributed by atoms with van der Waals surface area (Å²) < 4.78 is 40.7. The molecule has 0 fully saturated rings. The molecular formula is C22H40N6O13S. The Balaban J connectivity index is 4.07. The van der Waals surface area contributed by atoms with E-state index in [1.165, 1.54) is 0 Å². The number of ether oxygens (including phenoxy) is 2. The highest BCUT2D eigenvalue weighted by atomic mass is 32.2. The van der Waals surface area contributed by atoms with Crippen LogP contribution in [0.1, 0.15) is 32.1 Å². The van der Waals surface area contributed by atoms with Crippen LogP contribution in [0, 0.1) is 0 Å². The van der Waals surface area contributed by atoms with Gasteiger partial charge in [-0.1, -0.05) is 0 Å². The van der Waals surface area contributed by atoms with E-state index in [1.54, 1.807) is 0 Å². The maximum absolute atomic E-state index is 11.9. The highest BCUT2D eigenvalue weighted by Gasteiger charge is 2.26. The molecule has 0 radical (unpaired) electrons. The lowest BCUT2D eigenvalue weighted by molar-refractivity contribution is -0.143. The Morgan fingerprint density at radius 2 is 1.36 bits per heavy atom. The number of hydrogen-bond acceptors (Lipinski definition) is 12. The van der Waals surface area contributed by atoms with Crippen molar-refractivity contribution in [1.29, 1.82) is 0 Å². The molecule has 20 heteroatoms. The number of rotatable bonds is 24. The molecule has 0 spiro atoms. The topological polar surface area (TPSA) is 316 Å². The van der Waals surface area contributed by atoms with Crippen molar-refractivity contribution in [3.8, 4) is 0 Å². The van der Waals surface area contributed by atoms with E-state index in [-0.39, 0.29) is 58.1 Å². The molecule has 242 valence electrons. The minimum absolute atomic E-state index is 0.000343. The molecule has 0 rings (SSSR count). The molecule has 3 atom stereocenters. The number of unbranched alkanes of at least 4 members (excludes halogenated alkanes) is 1. The number of carbonyl (C=O) groups excluding carboxylic acids is 4. The minimum Gasteiger partial charge on any atom is -0.480 e. The van der Waals surface area contributed by atoms with Crippen LogP contribution in [0.25, 0.3) is 0 Å². The van der Waals surface area contributed by atoms with Gasteiger partial charge in [0.15, 0.2) is 0 Å². The first-order chi connectivity index (χ1) is 19.7. The Hall–Kier alpha value is -3.43. The lowest BCUT2D eigenvalue weighted by Crippen LogP contribution is -2.51. The van der Waals surface area contributed by atoms with E-state index in [9.17, 15) is 47.4 Å². The van der Waals surface area contributed by atoms with Gasteiger partial charge in [0.25, 0.3) is 10.1 Å². The summed E-state index contributed by atoms with van der Waals surface area (Å²) in [7, 11) is -4.56. The molecule has 4 amide bonds. The molecular weight excluding hydrogens is 588 g/mol. The summed E-state index contributed by atoms with van der Waals surface area (Å²) in [5.41, 5.74) is 10.5. The Labute approximate surface area is 242 Å². The summed E-state index contributed by atoms with van der Waals surface area (Å²) in [5.74, 6) is -6.42. The number of carboxylic acid groups (broad SMARTS) is 2. The predicted molar refractivity (Wildman–Crippen MR) is 143 cm³/mol. The molecule has 0 bridgehead atoms. The van der Waals surface area contributed by atoms with Crippen LogP contribution in [0.5, 0.6) is 0 Å². The molecule has 0 aromatic heterocycles. The van der Waals surface area contributed by atoms with Gasteiger partial charge in [-0.2, -0.15) is 8.42 Å². The van der Waals surface area contributed by atoms with Gasteiger partial charge in [-0.3, -0.25) is 23.7 Å². The number of nitrogens with two attached hydrogens (primary N) is 2. The van der Waals surface area contributed by atoms with Crippen molar-refractivity contribution in [2.24, 2.45) is 11.5 Å². The minimum atomic E-state index is -4.56. The first-order valence-corrected chi connectivity index (χ1v) is 14.4. The van der Waals surface area contributed by atoms with Gasteiger partial charge in [0, 0.05) is 19.5 Å². The summed E-state index contributed by atoms with van der Waals surface area (Å²) in [6.07, 6.45) is 0.491. The molecule has 0 aromatic rings. The first kappa shape index (κ1) is 38.6. The molecule has 0 saturated heterocycles. The standard InChI is InChI=1S/C22H40N6O13S/c23-11-18(30)25-6-2-1-3-15(21(33)34)27-19(31)12-41-10-9-40-8-7-26-17(29)5-4-16(22(35)36)28-20(32)14(24)13-42(37,38)39/h14-16H,1-13,23-24H2,(H,25,30)(H,26,29)(H,27,31)(H,28,32)(H,33,34)(H,35,36)(H,37,38,39). The van der Waals surface area contributed by atoms with Crippen LogP contribution in [-0.2, 0) is 48.4 Å². The molecule has 3 unspecified atom stereocenters. The normalized spacial score (nSPS) is 13.3. The third-order valence-corrected chi connectivity index (χ3v) is 6.02. The average Bonchev–Trinajstić information content (AvgIpc) is 2.89. The van der Waals surface area contributed by atoms with Crippen molar-refractivity contribution >= 4 is 45.7 Å². The Morgan fingerprint density at radius 1 is 0.762 bits per heavy atom. The maximum Gasteiger partial charge on any atom is 0.326 e. The van der Waals surface area contributed by atoms with Crippen LogP contribution in [-0.4, -0.2) is 129 Å². The van der Waals surface area contributed by atoms with Gasteiger partial charge in [0.2, 0.25) is 23.6 Å². The van der Waals surface area contributed by atoms with Crippen molar-refractivity contribution in [3.63, 3.8) is 0 Å². The zero-order valence-corrected chi connectivity index (χ0v) is 23.7. The van der Waals surface area contributed by atoms with Crippen LogP contribution in [0.15, 0.2) is 0 Å². The number of carbonyl (C=O) groups is 6. The number of amides is 4. The lowest BCUT2D eigenvalue weighted by Gasteiger charge is -2.17. The van der Waals surface area contributed by atoms with Gasteiger partial charge < -0.3 is 52.4 Å². The van der Waals surface area contributed by atoms with Crippen LogP contribution in [0.4, 0.5) is 0 Å². The molecule has 0 aliphatic heterocycles. The van der Waals surface area contributed by atoms with Gasteiger partial charge >= 0.3 is 11.9 Å². The number of hydrogen-bond donors (Lipinski definition) is 9. The molecule has 11 N–H and O–H groups in total. The summed E-state index contributed by atoms with van der Waals surface area (Å²) >= 11 is 0. The van der Waals surface area contributed by atoms with Gasteiger partial charge in [-0.15, -0.1) is 0 Å². The summed E-state index contributed by atoms with van der Waals surface area (Å²) in [6, 6.07) is -4.34. The fourth-order valence-electron chi connectivity index (χ4n) is 3.12. The second-order valence-electron chi connectivity index (χ2n) is 8.82. The second kappa shape index (κ2) is 21.3. The largest absolute Gasteiger partial charge is 0.480 e. The first-order valence-electron chi connectivity index (χ1n) is 12.8. The van der Waals surface area contributed by atoms with Gasteiger partial charge in [-0.25, -0.2) is 9.59 Å². The smallest absolute Gasteiger partial charge is 0.326 e. The number of carboxylic acids is 2. The van der Waals surface area contributed by atoms with E-state index in [0.717, 1.165) is 0 Å². The van der Waals surface area contributed by atoms with Crippen LogP contribution in [0.3, 0.4) is 0 Å². The zero-order chi connectivity index (χ0) is 32.1. The van der Waals surface area contributed by atoms with Crippen molar-refractivity contribution in [3.05, 3.63) is 0 Å². The van der Waals surface area contributed by atoms with E-state index in [2.05, 4.69) is 16.0 Å². The molecule has 0 saturated carbocycles. The van der Waals surface area contributed by atoms with Crippen molar-refractivity contribution in [2.75, 3.05) is 51.8 Å². The highest BCUT2D eigenvalue weighted by molar-refractivity contribution is 7.85. The molecule has 0 aliphatic rings. The van der Waals surface area contributed by atoms with Crippen molar-refractivity contribution in [1.82, 2.24) is 21.3 Å². The van der Waals surface area contributed by atoms with E-state index < -0.39 is 70.3 Å². The van der Waals surface area contributed by atoms with E-state index in [0.29, 0.717) is 19.4 Å². The van der Waals surface area contributed by atoms with Crippen molar-refractivity contribution in [2.45, 2.75) is 50.2 Å². The SMILES string of the molecule is NCC(=O)NCCCCC(NC(=O)COCCOCCNC(=O)CCC(NC(=O)C(N)CS(=O)(=O)O)C(=O)O)C(=O)O. The van der Waals surface area contributed by atoms with E-state index >= 15 is 0 Å². The number of aliphatic carboxylic acids is 2. The second-order valence-corrected chi connectivity index (χ2v) is 10.3. The maximum atomic E-state index is 11.9. The third-order valence-electron chi connectivity index (χ3n) is 5.24. The third kappa shape index (κ3) is 20.4. The van der Waals surface area contributed by atoms with Crippen LogP contribution < -0.4 is 32.7 Å². The molecule has 42 heavy (non-hydrogen) atoms. The zero-order valence-electron chi connectivity index (χ0n) is 22.9. The van der Waals surface area contributed by atoms with E-state index in [1.807, 2.05) is 5.32 Å². The molecule has 19 nitrogen and oxygen atoms in total. The van der Waals surface area contributed by atoms with Crippen molar-refractivity contribution < 1.29 is 61.4 Å². The predicted octanol–water partition coefficient (Wildman–Crippen LogP) is -4.48.